The molecule has 2 amide bonds. The largest absolute Gasteiger partial charge is 0.507 e. The quantitative estimate of drug-likeness (QED) is 0.731. The molecule has 162 valence electrons. The van der Waals surface area contributed by atoms with E-state index in [0.717, 1.165) is 37.3 Å². The zero-order valence-corrected chi connectivity index (χ0v) is 18.3. The van der Waals surface area contributed by atoms with E-state index in [9.17, 15) is 14.7 Å². The van der Waals surface area contributed by atoms with Crippen LogP contribution in [0.15, 0.2) is 42.5 Å². The average molecular weight is 412 g/mol. The first-order valence-electron chi connectivity index (χ1n) is 10.7. The van der Waals surface area contributed by atoms with E-state index in [1.165, 1.54) is 0 Å². The standard InChI is InChI=1S/C24H33N3O3/c1-5-19(23(29)26-12-10-25(4)11-13-26)14-18-8-9-27(16-18)24(30)21-15-20(17(2)3)6-7-22(21)28/h5-8,15,17,19,28H,1,9-14,16H2,2-4H3. The lowest BCUT2D eigenvalue weighted by molar-refractivity contribution is -0.135. The van der Waals surface area contributed by atoms with Crippen LogP contribution in [0.1, 0.15) is 42.1 Å². The van der Waals surface area contributed by atoms with E-state index in [1.807, 2.05) is 17.0 Å². The van der Waals surface area contributed by atoms with Crippen LogP contribution < -0.4 is 0 Å². The molecular weight excluding hydrogens is 378 g/mol. The summed E-state index contributed by atoms with van der Waals surface area (Å²) in [5.74, 6) is -0.0503. The van der Waals surface area contributed by atoms with Gasteiger partial charge in [0.2, 0.25) is 5.91 Å². The van der Waals surface area contributed by atoms with Gasteiger partial charge in [-0.2, -0.15) is 0 Å². The maximum absolute atomic E-state index is 13.0. The lowest BCUT2D eigenvalue weighted by Crippen LogP contribution is -2.48. The number of benzene rings is 1. The topological polar surface area (TPSA) is 64.1 Å². The van der Waals surface area contributed by atoms with Crippen molar-refractivity contribution in [2.75, 3.05) is 46.3 Å². The first kappa shape index (κ1) is 22.1. The third-order valence-electron chi connectivity index (χ3n) is 6.10. The third-order valence-corrected chi connectivity index (χ3v) is 6.10. The molecule has 0 radical (unpaired) electrons. The van der Waals surface area contributed by atoms with Gasteiger partial charge in [-0.3, -0.25) is 9.59 Å². The number of nitrogens with zero attached hydrogens (tertiary/aromatic N) is 3. The normalized spacial score (nSPS) is 18.5. The van der Waals surface area contributed by atoms with Crippen molar-refractivity contribution in [2.24, 2.45) is 5.92 Å². The summed E-state index contributed by atoms with van der Waals surface area (Å²) in [4.78, 5) is 31.7. The van der Waals surface area contributed by atoms with Crippen LogP contribution in [0.2, 0.25) is 0 Å². The maximum Gasteiger partial charge on any atom is 0.258 e. The fraction of sp³-hybridized carbons (Fsp3) is 0.500. The third kappa shape index (κ3) is 4.93. The van der Waals surface area contributed by atoms with E-state index >= 15 is 0 Å². The van der Waals surface area contributed by atoms with Gasteiger partial charge in [0.15, 0.2) is 0 Å². The summed E-state index contributed by atoms with van der Waals surface area (Å²) >= 11 is 0. The number of hydrogen-bond acceptors (Lipinski definition) is 4. The molecule has 1 unspecified atom stereocenters. The van der Waals surface area contributed by atoms with Gasteiger partial charge in [-0.25, -0.2) is 0 Å². The number of rotatable bonds is 6. The molecule has 2 aliphatic heterocycles. The summed E-state index contributed by atoms with van der Waals surface area (Å²) in [6.07, 6.45) is 4.33. The van der Waals surface area contributed by atoms with Crippen molar-refractivity contribution in [3.63, 3.8) is 0 Å². The van der Waals surface area contributed by atoms with Crippen LogP contribution in [0, 0.1) is 5.92 Å². The molecule has 2 aliphatic rings. The highest BCUT2D eigenvalue weighted by atomic mass is 16.3. The molecular formula is C24H33N3O3. The summed E-state index contributed by atoms with van der Waals surface area (Å²) in [7, 11) is 2.07. The molecule has 2 heterocycles. The number of amides is 2. The van der Waals surface area contributed by atoms with E-state index in [1.54, 1.807) is 23.1 Å². The van der Waals surface area contributed by atoms with Gasteiger partial charge in [-0.1, -0.05) is 37.6 Å². The van der Waals surface area contributed by atoms with Crippen molar-refractivity contribution in [1.29, 1.82) is 0 Å². The van der Waals surface area contributed by atoms with Crippen molar-refractivity contribution in [3.05, 3.63) is 53.6 Å². The van der Waals surface area contributed by atoms with Gasteiger partial charge >= 0.3 is 0 Å². The molecule has 1 aromatic rings. The fourth-order valence-electron chi connectivity index (χ4n) is 3.99. The summed E-state index contributed by atoms with van der Waals surface area (Å²) in [5.41, 5.74) is 2.42. The number of piperazine rings is 1. The minimum Gasteiger partial charge on any atom is -0.507 e. The lowest BCUT2D eigenvalue weighted by Gasteiger charge is -2.34. The Balaban J connectivity index is 1.61. The van der Waals surface area contributed by atoms with Crippen LogP contribution in [-0.2, 0) is 4.79 Å². The molecule has 1 aromatic carbocycles. The summed E-state index contributed by atoms with van der Waals surface area (Å²) < 4.78 is 0. The molecule has 0 aromatic heterocycles. The van der Waals surface area contributed by atoms with Gasteiger partial charge < -0.3 is 19.8 Å². The Morgan fingerprint density at radius 3 is 2.50 bits per heavy atom. The number of phenols is 1. The number of aromatic hydroxyl groups is 1. The van der Waals surface area contributed by atoms with Crippen LogP contribution >= 0.6 is 0 Å². The Morgan fingerprint density at radius 1 is 1.17 bits per heavy atom. The molecule has 0 aliphatic carbocycles. The van der Waals surface area contributed by atoms with Gasteiger partial charge in [0.05, 0.1) is 11.5 Å². The predicted octanol–water partition coefficient (Wildman–Crippen LogP) is 2.86. The van der Waals surface area contributed by atoms with Crippen LogP contribution in [0.5, 0.6) is 5.75 Å². The van der Waals surface area contributed by atoms with Crippen molar-refractivity contribution in [3.8, 4) is 5.75 Å². The number of hydrogen-bond donors (Lipinski definition) is 1. The Hall–Kier alpha value is -2.60. The monoisotopic (exact) mass is 411 g/mol. The highest BCUT2D eigenvalue weighted by molar-refractivity contribution is 5.97. The van der Waals surface area contributed by atoms with E-state index < -0.39 is 0 Å². The van der Waals surface area contributed by atoms with E-state index in [2.05, 4.69) is 32.4 Å². The zero-order chi connectivity index (χ0) is 21.8. The van der Waals surface area contributed by atoms with Gasteiger partial charge in [0.25, 0.3) is 5.91 Å². The Kier molecular flexibility index (Phi) is 6.98. The molecule has 1 fully saturated rings. The lowest BCUT2D eigenvalue weighted by atomic mass is 9.97. The molecule has 6 heteroatoms. The van der Waals surface area contributed by atoms with Crippen LogP contribution in [0.25, 0.3) is 0 Å². The van der Waals surface area contributed by atoms with E-state index in [4.69, 9.17) is 0 Å². The van der Waals surface area contributed by atoms with Gasteiger partial charge in [-0.15, -0.1) is 6.58 Å². The molecule has 1 atom stereocenters. The number of phenolic OH excluding ortho intramolecular Hbond substituents is 1. The van der Waals surface area contributed by atoms with Gasteiger partial charge in [-0.05, 0) is 37.1 Å². The van der Waals surface area contributed by atoms with Crippen LogP contribution in [0.4, 0.5) is 0 Å². The minimum absolute atomic E-state index is 0.00654. The Labute approximate surface area is 179 Å². The van der Waals surface area contributed by atoms with Crippen molar-refractivity contribution in [1.82, 2.24) is 14.7 Å². The van der Waals surface area contributed by atoms with Crippen LogP contribution in [0.3, 0.4) is 0 Å². The second-order valence-electron chi connectivity index (χ2n) is 8.65. The van der Waals surface area contributed by atoms with Crippen molar-refractivity contribution >= 4 is 11.8 Å². The first-order valence-corrected chi connectivity index (χ1v) is 10.7. The molecule has 30 heavy (non-hydrogen) atoms. The molecule has 0 bridgehead atoms. The summed E-state index contributed by atoms with van der Waals surface area (Å²) in [6, 6.07) is 5.22. The predicted molar refractivity (Wildman–Crippen MR) is 119 cm³/mol. The highest BCUT2D eigenvalue weighted by Gasteiger charge is 2.29. The maximum atomic E-state index is 13.0. The first-order chi connectivity index (χ1) is 14.3. The SMILES string of the molecule is C=CC(CC1=CCN(C(=O)c2cc(C(C)C)ccc2O)C1)C(=O)N1CCN(C)CC1. The number of carbonyl (C=O) groups excluding carboxylic acids is 2. The van der Waals surface area contributed by atoms with E-state index in [0.29, 0.717) is 25.1 Å². The average Bonchev–Trinajstić information content (AvgIpc) is 3.20. The van der Waals surface area contributed by atoms with Crippen molar-refractivity contribution in [2.45, 2.75) is 26.2 Å². The Morgan fingerprint density at radius 2 is 1.87 bits per heavy atom. The highest BCUT2D eigenvalue weighted by Crippen LogP contribution is 2.27. The molecule has 0 saturated carbocycles. The summed E-state index contributed by atoms with van der Waals surface area (Å²) in [6.45, 7) is 12.2. The second-order valence-corrected chi connectivity index (χ2v) is 8.65. The molecule has 1 N–H and O–H groups in total. The van der Waals surface area contributed by atoms with Gasteiger partial charge in [0, 0.05) is 39.3 Å². The zero-order valence-electron chi connectivity index (χ0n) is 18.3. The smallest absolute Gasteiger partial charge is 0.258 e. The second kappa shape index (κ2) is 9.47. The van der Waals surface area contributed by atoms with Gasteiger partial charge in [0.1, 0.15) is 5.75 Å². The molecule has 6 nitrogen and oxygen atoms in total. The molecule has 0 spiro atoms. The van der Waals surface area contributed by atoms with Crippen LogP contribution in [-0.4, -0.2) is 77.9 Å². The Bertz CT molecular complexity index is 838. The minimum atomic E-state index is -0.271. The number of likely N-dealkylation sites (N-methyl/N-ethyl adjacent to an activating group) is 1. The fourth-order valence-corrected chi connectivity index (χ4v) is 3.99. The number of carbonyl (C=O) groups is 2. The van der Waals surface area contributed by atoms with E-state index in [-0.39, 0.29) is 29.4 Å². The molecule has 3 rings (SSSR count). The van der Waals surface area contributed by atoms with Crippen molar-refractivity contribution < 1.29 is 14.7 Å². The molecule has 1 saturated heterocycles. The summed E-state index contributed by atoms with van der Waals surface area (Å²) in [5, 5.41) is 10.2.